The first-order valence-corrected chi connectivity index (χ1v) is 8.70. The minimum atomic E-state index is -0.785. The number of nitrogens with one attached hydrogen (secondary N) is 1. The van der Waals surface area contributed by atoms with Crippen LogP contribution in [0.3, 0.4) is 0 Å². The highest BCUT2D eigenvalue weighted by molar-refractivity contribution is 5.91. The molecule has 3 aromatic rings. The van der Waals surface area contributed by atoms with Gasteiger partial charge in [-0.25, -0.2) is 8.78 Å². The van der Waals surface area contributed by atoms with E-state index in [0.717, 1.165) is 23.4 Å². The summed E-state index contributed by atoms with van der Waals surface area (Å²) in [6, 6.07) is 22.9. The number of carbonyl (C=O) groups is 1. The Morgan fingerprint density at radius 3 is 2.22 bits per heavy atom. The Bertz CT molecular complexity index is 885. The highest BCUT2D eigenvalue weighted by atomic mass is 19.1. The summed E-state index contributed by atoms with van der Waals surface area (Å²) in [4.78, 5) is 14.3. The number of anilines is 2. The number of hydrogen-bond acceptors (Lipinski definition) is 2. The summed E-state index contributed by atoms with van der Waals surface area (Å²) in [5.74, 6) is -1.79. The normalized spacial score (nSPS) is 10.4. The van der Waals surface area contributed by atoms with Crippen LogP contribution >= 0.6 is 0 Å². The van der Waals surface area contributed by atoms with Gasteiger partial charge in [-0.1, -0.05) is 48.5 Å². The van der Waals surface area contributed by atoms with Gasteiger partial charge in [0.1, 0.15) is 11.6 Å². The van der Waals surface area contributed by atoms with E-state index in [1.165, 1.54) is 6.07 Å². The summed E-state index contributed by atoms with van der Waals surface area (Å²) in [6.07, 6.45) is 0.179. The summed E-state index contributed by atoms with van der Waals surface area (Å²) in [5.41, 5.74) is 2.11. The van der Waals surface area contributed by atoms with E-state index in [2.05, 4.69) is 10.2 Å². The van der Waals surface area contributed by atoms with Crippen molar-refractivity contribution in [2.75, 3.05) is 16.8 Å². The van der Waals surface area contributed by atoms with E-state index >= 15 is 0 Å². The fourth-order valence-corrected chi connectivity index (χ4v) is 2.78. The molecule has 0 unspecified atom stereocenters. The van der Waals surface area contributed by atoms with Crippen LogP contribution < -0.4 is 10.2 Å². The zero-order chi connectivity index (χ0) is 19.1. The molecule has 0 heterocycles. The Labute approximate surface area is 157 Å². The summed E-state index contributed by atoms with van der Waals surface area (Å²) in [7, 11) is 0. The second-order valence-electron chi connectivity index (χ2n) is 6.17. The third-order valence-electron chi connectivity index (χ3n) is 4.15. The Balaban J connectivity index is 1.66. The molecule has 0 aliphatic heterocycles. The Morgan fingerprint density at radius 2 is 1.56 bits per heavy atom. The first kappa shape index (κ1) is 18.6. The highest BCUT2D eigenvalue weighted by Gasteiger charge is 2.12. The molecule has 0 aliphatic carbocycles. The van der Waals surface area contributed by atoms with Crippen molar-refractivity contribution in [3.05, 3.63) is 96.1 Å². The molecule has 0 spiro atoms. The van der Waals surface area contributed by atoms with Crippen molar-refractivity contribution >= 4 is 17.3 Å². The molecule has 0 aliphatic rings. The maximum Gasteiger partial charge on any atom is 0.226 e. The molecule has 5 heteroatoms. The minimum absolute atomic E-state index is 0.0179. The smallest absolute Gasteiger partial charge is 0.226 e. The molecule has 3 nitrogen and oxygen atoms in total. The number of hydrogen-bond donors (Lipinski definition) is 1. The molecule has 1 N–H and O–H groups in total. The summed E-state index contributed by atoms with van der Waals surface area (Å²) < 4.78 is 26.7. The molecule has 0 radical (unpaired) electrons. The fraction of sp³-hybridized carbons (Fsp3) is 0.136. The number of amides is 1. The van der Waals surface area contributed by atoms with E-state index < -0.39 is 11.6 Å². The quantitative estimate of drug-likeness (QED) is 0.638. The number of rotatable bonds is 7. The molecular formula is C22H20F2N2O. The van der Waals surface area contributed by atoms with Gasteiger partial charge in [-0.15, -0.1) is 0 Å². The van der Waals surface area contributed by atoms with Gasteiger partial charge >= 0.3 is 0 Å². The lowest BCUT2D eigenvalue weighted by atomic mass is 10.2. The van der Waals surface area contributed by atoms with Crippen LogP contribution in [0.4, 0.5) is 20.2 Å². The predicted molar refractivity (Wildman–Crippen MR) is 104 cm³/mol. The lowest BCUT2D eigenvalue weighted by molar-refractivity contribution is -0.116. The van der Waals surface area contributed by atoms with Crippen LogP contribution in [0.5, 0.6) is 0 Å². The summed E-state index contributed by atoms with van der Waals surface area (Å²) in [5, 5.41) is 2.50. The van der Waals surface area contributed by atoms with E-state index in [4.69, 9.17) is 0 Å². The lowest BCUT2D eigenvalue weighted by Gasteiger charge is -2.25. The van der Waals surface area contributed by atoms with E-state index in [-0.39, 0.29) is 18.0 Å². The standard InChI is InChI=1S/C22H20F2N2O/c23-18-11-12-21(20(24)15-18)25-22(27)13-14-26(19-9-5-2-6-10-19)16-17-7-3-1-4-8-17/h1-12,15H,13-14,16H2,(H,25,27). The van der Waals surface area contributed by atoms with Gasteiger partial charge < -0.3 is 10.2 Å². The van der Waals surface area contributed by atoms with Gasteiger partial charge in [0.2, 0.25) is 5.91 Å². The van der Waals surface area contributed by atoms with Gasteiger partial charge in [-0.05, 0) is 29.8 Å². The van der Waals surface area contributed by atoms with Crippen molar-refractivity contribution in [1.82, 2.24) is 0 Å². The number of carbonyl (C=O) groups excluding carboxylic acids is 1. The van der Waals surface area contributed by atoms with Crippen molar-refractivity contribution in [3.8, 4) is 0 Å². The average molecular weight is 366 g/mol. The summed E-state index contributed by atoms with van der Waals surface area (Å²) in [6.45, 7) is 1.12. The Morgan fingerprint density at radius 1 is 0.889 bits per heavy atom. The maximum absolute atomic E-state index is 13.7. The molecule has 0 atom stereocenters. The van der Waals surface area contributed by atoms with Crippen LogP contribution in [0.2, 0.25) is 0 Å². The largest absolute Gasteiger partial charge is 0.367 e. The molecule has 3 rings (SSSR count). The monoisotopic (exact) mass is 366 g/mol. The average Bonchev–Trinajstić information content (AvgIpc) is 2.69. The van der Waals surface area contributed by atoms with E-state index in [9.17, 15) is 13.6 Å². The van der Waals surface area contributed by atoms with Crippen molar-refractivity contribution in [2.45, 2.75) is 13.0 Å². The number of para-hydroxylation sites is 1. The van der Waals surface area contributed by atoms with Crippen molar-refractivity contribution in [1.29, 1.82) is 0 Å². The van der Waals surface area contributed by atoms with Crippen LogP contribution in [0.15, 0.2) is 78.9 Å². The zero-order valence-electron chi connectivity index (χ0n) is 14.7. The van der Waals surface area contributed by atoms with E-state index in [1.807, 2.05) is 60.7 Å². The summed E-state index contributed by atoms with van der Waals surface area (Å²) >= 11 is 0. The molecule has 0 fully saturated rings. The zero-order valence-corrected chi connectivity index (χ0v) is 14.7. The highest BCUT2D eigenvalue weighted by Crippen LogP contribution is 2.18. The van der Waals surface area contributed by atoms with Crippen LogP contribution in [-0.4, -0.2) is 12.5 Å². The molecule has 1 amide bonds. The second kappa shape index (κ2) is 8.94. The van der Waals surface area contributed by atoms with Crippen molar-refractivity contribution in [3.63, 3.8) is 0 Å². The van der Waals surface area contributed by atoms with Crippen molar-refractivity contribution in [2.24, 2.45) is 0 Å². The van der Waals surface area contributed by atoms with Gasteiger partial charge in [-0.2, -0.15) is 0 Å². The van der Waals surface area contributed by atoms with Gasteiger partial charge in [-0.3, -0.25) is 4.79 Å². The Kier molecular flexibility index (Phi) is 6.15. The van der Waals surface area contributed by atoms with Crippen LogP contribution in [0, 0.1) is 11.6 Å². The van der Waals surface area contributed by atoms with Crippen LogP contribution in [0.1, 0.15) is 12.0 Å². The van der Waals surface area contributed by atoms with Gasteiger partial charge in [0, 0.05) is 31.3 Å². The first-order chi connectivity index (χ1) is 13.1. The fourth-order valence-electron chi connectivity index (χ4n) is 2.78. The SMILES string of the molecule is O=C(CCN(Cc1ccccc1)c1ccccc1)Nc1ccc(F)cc1F. The second-order valence-corrected chi connectivity index (χ2v) is 6.17. The van der Waals surface area contributed by atoms with E-state index in [1.54, 1.807) is 0 Å². The molecule has 138 valence electrons. The molecule has 0 saturated carbocycles. The van der Waals surface area contributed by atoms with Gasteiger partial charge in [0.05, 0.1) is 5.69 Å². The van der Waals surface area contributed by atoms with Gasteiger partial charge in [0.25, 0.3) is 0 Å². The molecule has 0 bridgehead atoms. The molecule has 0 aromatic heterocycles. The third-order valence-corrected chi connectivity index (χ3v) is 4.15. The number of halogens is 2. The molecule has 27 heavy (non-hydrogen) atoms. The van der Waals surface area contributed by atoms with E-state index in [0.29, 0.717) is 13.1 Å². The maximum atomic E-state index is 13.7. The van der Waals surface area contributed by atoms with Crippen LogP contribution in [0.25, 0.3) is 0 Å². The molecule has 0 saturated heterocycles. The lowest BCUT2D eigenvalue weighted by Crippen LogP contribution is -2.27. The molecular weight excluding hydrogens is 346 g/mol. The molecule has 3 aromatic carbocycles. The predicted octanol–water partition coefficient (Wildman–Crippen LogP) is 5.00. The number of benzene rings is 3. The minimum Gasteiger partial charge on any atom is -0.367 e. The van der Waals surface area contributed by atoms with Crippen LogP contribution in [-0.2, 0) is 11.3 Å². The van der Waals surface area contributed by atoms with Crippen molar-refractivity contribution < 1.29 is 13.6 Å². The topological polar surface area (TPSA) is 32.3 Å². The Hall–Kier alpha value is -3.21. The van der Waals surface area contributed by atoms with Gasteiger partial charge in [0.15, 0.2) is 0 Å². The first-order valence-electron chi connectivity index (χ1n) is 8.70. The third kappa shape index (κ3) is 5.38. The number of nitrogens with zero attached hydrogens (tertiary/aromatic N) is 1.